The third kappa shape index (κ3) is 3.80. The van der Waals surface area contributed by atoms with Gasteiger partial charge in [0.2, 0.25) is 11.8 Å². The maximum atomic E-state index is 12.7. The minimum atomic E-state index is 0.0760. The first kappa shape index (κ1) is 19.0. The molecule has 28 heavy (non-hydrogen) atoms. The Kier molecular flexibility index (Phi) is 5.42. The molecule has 0 spiro atoms. The zero-order valence-corrected chi connectivity index (χ0v) is 16.9. The zero-order valence-electron chi connectivity index (χ0n) is 16.9. The molecular weight excluding hydrogens is 350 g/mol. The summed E-state index contributed by atoms with van der Waals surface area (Å²) in [5, 5.41) is 7.57. The van der Waals surface area contributed by atoms with Gasteiger partial charge >= 0.3 is 0 Å². The number of rotatable bonds is 5. The Morgan fingerprint density at radius 3 is 2.93 bits per heavy atom. The summed E-state index contributed by atoms with van der Waals surface area (Å²) in [6, 6.07) is 8.57. The SMILES string of the molecule is CCCC1CC(=O)NC2CC(NC(=O)Cc3cn(C)c4ccccc34)CCC12. The van der Waals surface area contributed by atoms with Crippen LogP contribution in [0.15, 0.2) is 30.5 Å². The summed E-state index contributed by atoms with van der Waals surface area (Å²) in [4.78, 5) is 24.8. The average Bonchev–Trinajstić information content (AvgIpc) is 2.97. The second kappa shape index (κ2) is 7.98. The lowest BCUT2D eigenvalue weighted by Gasteiger charge is -2.44. The predicted molar refractivity (Wildman–Crippen MR) is 111 cm³/mol. The maximum Gasteiger partial charge on any atom is 0.224 e. The molecular formula is C23H31N3O2. The fraction of sp³-hybridized carbons (Fsp3) is 0.565. The molecule has 1 saturated carbocycles. The van der Waals surface area contributed by atoms with Crippen molar-refractivity contribution < 1.29 is 9.59 Å². The molecule has 1 aromatic carbocycles. The summed E-state index contributed by atoms with van der Waals surface area (Å²) >= 11 is 0. The van der Waals surface area contributed by atoms with Crippen LogP contribution in [0.1, 0.15) is 51.0 Å². The Balaban J connectivity index is 1.38. The number of aromatic nitrogens is 1. The van der Waals surface area contributed by atoms with E-state index in [-0.39, 0.29) is 23.9 Å². The predicted octanol–water partition coefficient (Wildman–Crippen LogP) is 3.31. The molecule has 4 unspecified atom stereocenters. The van der Waals surface area contributed by atoms with E-state index in [2.05, 4.69) is 40.5 Å². The lowest BCUT2D eigenvalue weighted by atomic mass is 9.70. The minimum absolute atomic E-state index is 0.0760. The van der Waals surface area contributed by atoms with Crippen molar-refractivity contribution in [2.24, 2.45) is 18.9 Å². The highest BCUT2D eigenvalue weighted by atomic mass is 16.2. The van der Waals surface area contributed by atoms with Gasteiger partial charge in [0, 0.05) is 42.7 Å². The Bertz CT molecular complexity index is 872. The molecule has 150 valence electrons. The van der Waals surface area contributed by atoms with E-state index in [0.29, 0.717) is 24.7 Å². The van der Waals surface area contributed by atoms with E-state index >= 15 is 0 Å². The van der Waals surface area contributed by atoms with Gasteiger partial charge in [0.1, 0.15) is 0 Å². The van der Waals surface area contributed by atoms with Crippen molar-refractivity contribution in [3.8, 4) is 0 Å². The van der Waals surface area contributed by atoms with Crippen LogP contribution in [0.5, 0.6) is 0 Å². The van der Waals surface area contributed by atoms with Crippen LogP contribution >= 0.6 is 0 Å². The number of nitrogens with one attached hydrogen (secondary N) is 2. The number of benzene rings is 1. The number of piperidine rings is 1. The van der Waals surface area contributed by atoms with E-state index in [4.69, 9.17) is 0 Å². The normalized spacial score (nSPS) is 27.3. The molecule has 1 aromatic heterocycles. The fourth-order valence-corrected chi connectivity index (χ4v) is 5.42. The Morgan fingerprint density at radius 2 is 2.11 bits per heavy atom. The topological polar surface area (TPSA) is 63.1 Å². The number of aryl methyl sites for hydroxylation is 1. The van der Waals surface area contributed by atoms with Gasteiger partial charge in [-0.25, -0.2) is 0 Å². The van der Waals surface area contributed by atoms with Crippen molar-refractivity contribution >= 4 is 22.7 Å². The largest absolute Gasteiger partial charge is 0.353 e. The standard InChI is InChI=1S/C23H31N3O2/c1-3-6-15-11-23(28)25-20-13-17(9-10-18(15)20)24-22(27)12-16-14-26(2)21-8-5-4-7-19(16)21/h4-5,7-8,14-15,17-18,20H,3,6,9-13H2,1-2H3,(H,24,27)(H,25,28). The number of fused-ring (bicyclic) bond motifs is 2. The zero-order chi connectivity index (χ0) is 19.7. The van der Waals surface area contributed by atoms with E-state index < -0.39 is 0 Å². The second-order valence-corrected chi connectivity index (χ2v) is 8.63. The highest BCUT2D eigenvalue weighted by Gasteiger charge is 2.40. The van der Waals surface area contributed by atoms with Gasteiger partial charge < -0.3 is 15.2 Å². The van der Waals surface area contributed by atoms with Crippen LogP contribution in [0.2, 0.25) is 0 Å². The van der Waals surface area contributed by atoms with Gasteiger partial charge in [0.05, 0.1) is 6.42 Å². The van der Waals surface area contributed by atoms with Crippen LogP contribution in [0, 0.1) is 11.8 Å². The number of carbonyl (C=O) groups is 2. The fourth-order valence-electron chi connectivity index (χ4n) is 5.42. The highest BCUT2D eigenvalue weighted by molar-refractivity contribution is 5.89. The van der Waals surface area contributed by atoms with Crippen molar-refractivity contribution in [1.29, 1.82) is 0 Å². The number of para-hydroxylation sites is 1. The molecule has 2 heterocycles. The molecule has 5 heteroatoms. The molecule has 4 atom stereocenters. The second-order valence-electron chi connectivity index (χ2n) is 8.63. The van der Waals surface area contributed by atoms with Crippen molar-refractivity contribution in [2.45, 2.75) is 64.0 Å². The number of amides is 2. The van der Waals surface area contributed by atoms with Gasteiger partial charge in [-0.1, -0.05) is 31.5 Å². The maximum absolute atomic E-state index is 12.7. The molecule has 2 aliphatic rings. The van der Waals surface area contributed by atoms with Gasteiger partial charge in [-0.3, -0.25) is 9.59 Å². The van der Waals surface area contributed by atoms with E-state index in [1.54, 1.807) is 0 Å². The van der Waals surface area contributed by atoms with Crippen molar-refractivity contribution in [1.82, 2.24) is 15.2 Å². The molecule has 1 saturated heterocycles. The van der Waals surface area contributed by atoms with E-state index in [1.165, 1.54) is 0 Å². The van der Waals surface area contributed by atoms with Gasteiger partial charge in [-0.2, -0.15) is 0 Å². The monoisotopic (exact) mass is 381 g/mol. The molecule has 0 radical (unpaired) electrons. The molecule has 2 N–H and O–H groups in total. The number of hydrogen-bond donors (Lipinski definition) is 2. The van der Waals surface area contributed by atoms with Crippen molar-refractivity contribution in [3.63, 3.8) is 0 Å². The molecule has 1 aliphatic carbocycles. The Hall–Kier alpha value is -2.30. The van der Waals surface area contributed by atoms with Gasteiger partial charge in [0.15, 0.2) is 0 Å². The Morgan fingerprint density at radius 1 is 1.29 bits per heavy atom. The quantitative estimate of drug-likeness (QED) is 0.835. The molecule has 1 aliphatic heterocycles. The Labute approximate surface area is 166 Å². The van der Waals surface area contributed by atoms with Crippen LogP contribution in [0.3, 0.4) is 0 Å². The number of carbonyl (C=O) groups excluding carboxylic acids is 2. The molecule has 5 nitrogen and oxygen atoms in total. The van der Waals surface area contributed by atoms with Crippen molar-refractivity contribution in [2.75, 3.05) is 0 Å². The molecule has 0 bridgehead atoms. The van der Waals surface area contributed by atoms with Gasteiger partial charge in [-0.05, 0) is 49.1 Å². The van der Waals surface area contributed by atoms with E-state index in [0.717, 1.165) is 48.6 Å². The number of hydrogen-bond acceptors (Lipinski definition) is 2. The highest BCUT2D eigenvalue weighted by Crippen LogP contribution is 2.37. The van der Waals surface area contributed by atoms with Crippen LogP contribution in [-0.4, -0.2) is 28.5 Å². The van der Waals surface area contributed by atoms with Crippen LogP contribution < -0.4 is 10.6 Å². The first-order valence-electron chi connectivity index (χ1n) is 10.7. The first-order valence-corrected chi connectivity index (χ1v) is 10.7. The number of nitrogens with zero attached hydrogens (tertiary/aromatic N) is 1. The molecule has 2 aromatic rings. The van der Waals surface area contributed by atoms with Crippen LogP contribution in [0.25, 0.3) is 10.9 Å². The lowest BCUT2D eigenvalue weighted by Crippen LogP contribution is -2.55. The summed E-state index contributed by atoms with van der Waals surface area (Å²) in [6.07, 6.45) is 8.35. The van der Waals surface area contributed by atoms with E-state index in [9.17, 15) is 9.59 Å². The summed E-state index contributed by atoms with van der Waals surface area (Å²) in [5.41, 5.74) is 2.22. The minimum Gasteiger partial charge on any atom is -0.353 e. The summed E-state index contributed by atoms with van der Waals surface area (Å²) in [5.74, 6) is 1.34. The average molecular weight is 382 g/mol. The lowest BCUT2D eigenvalue weighted by molar-refractivity contribution is -0.127. The third-order valence-corrected chi connectivity index (χ3v) is 6.66. The first-order chi connectivity index (χ1) is 13.5. The van der Waals surface area contributed by atoms with Crippen LogP contribution in [0.4, 0.5) is 0 Å². The molecule has 4 rings (SSSR count). The molecule has 2 fully saturated rings. The van der Waals surface area contributed by atoms with Gasteiger partial charge in [0.25, 0.3) is 0 Å². The van der Waals surface area contributed by atoms with Gasteiger partial charge in [-0.15, -0.1) is 0 Å². The smallest absolute Gasteiger partial charge is 0.224 e. The summed E-state index contributed by atoms with van der Waals surface area (Å²) in [7, 11) is 2.02. The summed E-state index contributed by atoms with van der Waals surface area (Å²) in [6.45, 7) is 2.20. The van der Waals surface area contributed by atoms with E-state index in [1.807, 2.05) is 19.2 Å². The summed E-state index contributed by atoms with van der Waals surface area (Å²) < 4.78 is 2.08. The van der Waals surface area contributed by atoms with Crippen molar-refractivity contribution in [3.05, 3.63) is 36.0 Å². The molecule has 2 amide bonds. The van der Waals surface area contributed by atoms with Crippen LogP contribution in [-0.2, 0) is 23.1 Å². The third-order valence-electron chi connectivity index (χ3n) is 6.66.